The van der Waals surface area contributed by atoms with Crippen molar-refractivity contribution >= 4 is 23.8 Å². The molecule has 0 aliphatic carbocycles. The number of esters is 3. The van der Waals surface area contributed by atoms with Crippen molar-refractivity contribution in [2.75, 3.05) is 6.61 Å². The van der Waals surface area contributed by atoms with E-state index in [0.717, 1.165) is 10.8 Å². The van der Waals surface area contributed by atoms with Gasteiger partial charge in [-0.2, -0.15) is 0 Å². The van der Waals surface area contributed by atoms with Crippen molar-refractivity contribution in [3.8, 4) is 0 Å². The number of benzene rings is 3. The van der Waals surface area contributed by atoms with Crippen molar-refractivity contribution in [2.24, 2.45) is 5.73 Å². The Kier molecular flexibility index (Phi) is 8.68. The zero-order valence-electron chi connectivity index (χ0n) is 22.5. The Labute approximate surface area is 244 Å². The topological polar surface area (TPSA) is 166 Å². The molecule has 4 atom stereocenters. The maximum atomic E-state index is 13.2. The van der Waals surface area contributed by atoms with Gasteiger partial charge >= 0.3 is 17.9 Å². The number of aromatic nitrogens is 2. The van der Waals surface area contributed by atoms with E-state index in [4.69, 9.17) is 24.7 Å². The van der Waals surface area contributed by atoms with E-state index in [0.29, 0.717) is 0 Å². The second-order valence-electron chi connectivity index (χ2n) is 9.35. The van der Waals surface area contributed by atoms with Gasteiger partial charge in [0.1, 0.15) is 12.7 Å². The van der Waals surface area contributed by atoms with Crippen LogP contribution in [0.3, 0.4) is 0 Å². The molecule has 5 rings (SSSR count). The Morgan fingerprint density at radius 2 is 1.23 bits per heavy atom. The molecule has 2 N–H and O–H groups in total. The predicted molar refractivity (Wildman–Crippen MR) is 149 cm³/mol. The van der Waals surface area contributed by atoms with Crippen molar-refractivity contribution in [2.45, 2.75) is 24.5 Å². The van der Waals surface area contributed by atoms with Gasteiger partial charge in [-0.1, -0.05) is 54.6 Å². The summed E-state index contributed by atoms with van der Waals surface area (Å²) in [5.41, 5.74) is 4.43. The number of nitrogens with zero attached hydrogens (tertiary/aromatic N) is 2. The van der Waals surface area contributed by atoms with Crippen LogP contribution in [0.5, 0.6) is 0 Å². The van der Waals surface area contributed by atoms with Gasteiger partial charge in [-0.15, -0.1) is 0 Å². The Bertz CT molecular complexity index is 1680. The minimum absolute atomic E-state index is 0.174. The summed E-state index contributed by atoms with van der Waals surface area (Å²) in [6.07, 6.45) is -3.11. The lowest BCUT2D eigenvalue weighted by molar-refractivity contribution is -0.0636. The van der Waals surface area contributed by atoms with Crippen molar-refractivity contribution in [3.63, 3.8) is 0 Å². The number of nitrogens with two attached hydrogens (primary N) is 1. The van der Waals surface area contributed by atoms with Crippen molar-refractivity contribution < 1.29 is 38.1 Å². The lowest BCUT2D eigenvalue weighted by Gasteiger charge is -2.25. The number of primary amides is 1. The molecule has 12 heteroatoms. The monoisotopic (exact) mass is 583 g/mol. The highest BCUT2D eigenvalue weighted by molar-refractivity contribution is 5.91. The summed E-state index contributed by atoms with van der Waals surface area (Å²) in [6, 6.07) is 24.2. The van der Waals surface area contributed by atoms with Gasteiger partial charge in [0.25, 0.3) is 11.5 Å². The molecule has 0 radical (unpaired) electrons. The molecule has 1 aliphatic rings. The van der Waals surface area contributed by atoms with E-state index in [1.54, 1.807) is 66.7 Å². The first-order valence-corrected chi connectivity index (χ1v) is 13.1. The van der Waals surface area contributed by atoms with E-state index in [2.05, 4.69) is 4.98 Å². The maximum Gasteiger partial charge on any atom is 0.338 e. The van der Waals surface area contributed by atoms with E-state index < -0.39 is 66.2 Å². The van der Waals surface area contributed by atoms with E-state index >= 15 is 0 Å². The third kappa shape index (κ3) is 6.49. The average molecular weight is 584 g/mol. The fourth-order valence-electron chi connectivity index (χ4n) is 4.48. The van der Waals surface area contributed by atoms with Crippen LogP contribution in [0.25, 0.3) is 0 Å². The summed E-state index contributed by atoms with van der Waals surface area (Å²) in [5.74, 6) is -3.36. The molecule has 1 aliphatic heterocycles. The molecule has 1 amide bonds. The number of hydrogen-bond donors (Lipinski definition) is 1. The fourth-order valence-corrected chi connectivity index (χ4v) is 4.48. The van der Waals surface area contributed by atoms with Crippen LogP contribution in [0, 0.1) is 0 Å². The van der Waals surface area contributed by atoms with Crippen molar-refractivity contribution in [1.82, 2.24) is 9.55 Å². The molecule has 0 saturated carbocycles. The standard InChI is InChI=1S/C31H25N3O9/c32-26(35)23-27(36)34(17-16-33-23)28-25(43-31(39)21-14-8-3-9-15-21)24(42-30(38)20-12-6-2-7-13-20)22(41-28)18-40-29(37)19-10-4-1-5-11-19/h1-17,22,24-25,28H,18H2,(H2,32,35)/t22-,24?,25?,28-/m1/s1. The number of carbonyl (C=O) groups is 4. The summed E-state index contributed by atoms with van der Waals surface area (Å²) in [4.78, 5) is 67.9. The highest BCUT2D eigenvalue weighted by Gasteiger charge is 2.51. The van der Waals surface area contributed by atoms with Crippen LogP contribution in [-0.2, 0) is 18.9 Å². The van der Waals surface area contributed by atoms with Gasteiger partial charge in [-0.3, -0.25) is 14.2 Å². The third-order valence-electron chi connectivity index (χ3n) is 6.55. The molecule has 0 bridgehead atoms. The zero-order valence-corrected chi connectivity index (χ0v) is 22.5. The van der Waals surface area contributed by atoms with Crippen LogP contribution in [0.4, 0.5) is 0 Å². The van der Waals surface area contributed by atoms with Gasteiger partial charge in [0.2, 0.25) is 0 Å². The molecule has 1 aromatic heterocycles. The number of amides is 1. The SMILES string of the molecule is NC(=O)c1nccn([C@@H]2O[C@H](COC(=O)c3ccccc3)C(OC(=O)c3ccccc3)C2OC(=O)c2ccccc2)c1=O. The van der Waals surface area contributed by atoms with E-state index in [-0.39, 0.29) is 16.7 Å². The molecule has 2 heterocycles. The predicted octanol–water partition coefficient (Wildman–Crippen LogP) is 2.55. The molecule has 1 fully saturated rings. The van der Waals surface area contributed by atoms with Crippen LogP contribution in [0.15, 0.2) is 108 Å². The molecule has 4 aromatic rings. The van der Waals surface area contributed by atoms with Gasteiger partial charge in [0, 0.05) is 12.4 Å². The fraction of sp³-hybridized carbons (Fsp3) is 0.161. The molecule has 2 unspecified atom stereocenters. The number of hydrogen-bond acceptors (Lipinski definition) is 10. The molecular weight excluding hydrogens is 558 g/mol. The molecule has 1 saturated heterocycles. The van der Waals surface area contributed by atoms with Crippen LogP contribution >= 0.6 is 0 Å². The zero-order chi connectivity index (χ0) is 30.3. The summed E-state index contributed by atoms with van der Waals surface area (Å²) < 4.78 is 24.2. The Morgan fingerprint density at radius 1 is 0.744 bits per heavy atom. The normalized spacial score (nSPS) is 19.3. The van der Waals surface area contributed by atoms with E-state index in [1.807, 2.05) is 0 Å². The van der Waals surface area contributed by atoms with Gasteiger partial charge in [-0.05, 0) is 36.4 Å². The maximum absolute atomic E-state index is 13.2. The number of ether oxygens (including phenoxy) is 4. The quantitative estimate of drug-likeness (QED) is 0.229. The summed E-state index contributed by atoms with van der Waals surface area (Å²) in [7, 11) is 0. The van der Waals surface area contributed by atoms with Crippen LogP contribution < -0.4 is 11.3 Å². The highest BCUT2D eigenvalue weighted by atomic mass is 16.7. The third-order valence-corrected chi connectivity index (χ3v) is 6.55. The molecule has 3 aromatic carbocycles. The minimum atomic E-state index is -1.44. The Balaban J connectivity index is 1.53. The number of rotatable bonds is 9. The summed E-state index contributed by atoms with van der Waals surface area (Å²) in [5, 5.41) is 0. The van der Waals surface area contributed by atoms with Crippen LogP contribution in [0.1, 0.15) is 47.8 Å². The Morgan fingerprint density at radius 3 is 1.74 bits per heavy atom. The van der Waals surface area contributed by atoms with E-state index in [9.17, 15) is 24.0 Å². The molecule has 12 nitrogen and oxygen atoms in total. The second-order valence-corrected chi connectivity index (χ2v) is 9.35. The smallest absolute Gasteiger partial charge is 0.338 e. The highest BCUT2D eigenvalue weighted by Crippen LogP contribution is 2.35. The summed E-state index contributed by atoms with van der Waals surface area (Å²) in [6.45, 7) is -0.446. The average Bonchev–Trinajstić information content (AvgIpc) is 3.36. The second kappa shape index (κ2) is 12.9. The number of carbonyl (C=O) groups excluding carboxylic acids is 4. The molecule has 218 valence electrons. The molecule has 0 spiro atoms. The van der Waals surface area contributed by atoms with Crippen molar-refractivity contribution in [1.29, 1.82) is 0 Å². The largest absolute Gasteiger partial charge is 0.459 e. The molecular formula is C31H25N3O9. The summed E-state index contributed by atoms with van der Waals surface area (Å²) >= 11 is 0. The van der Waals surface area contributed by atoms with Gasteiger partial charge < -0.3 is 24.7 Å². The lowest BCUT2D eigenvalue weighted by atomic mass is 10.1. The van der Waals surface area contributed by atoms with Crippen LogP contribution in [0.2, 0.25) is 0 Å². The van der Waals surface area contributed by atoms with Crippen LogP contribution in [-0.4, -0.2) is 58.3 Å². The van der Waals surface area contributed by atoms with Gasteiger partial charge in [0.15, 0.2) is 24.1 Å². The first-order valence-electron chi connectivity index (χ1n) is 13.1. The van der Waals surface area contributed by atoms with E-state index in [1.165, 1.54) is 30.5 Å². The minimum Gasteiger partial charge on any atom is -0.459 e. The van der Waals surface area contributed by atoms with Gasteiger partial charge in [0.05, 0.1) is 16.7 Å². The lowest BCUT2D eigenvalue weighted by Crippen LogP contribution is -2.43. The first-order chi connectivity index (χ1) is 20.8. The molecule has 43 heavy (non-hydrogen) atoms. The van der Waals surface area contributed by atoms with Crippen molar-refractivity contribution in [3.05, 3.63) is 136 Å². The Hall–Kier alpha value is -5.62. The first kappa shape index (κ1) is 28.9. The van der Waals surface area contributed by atoms with Gasteiger partial charge in [-0.25, -0.2) is 19.4 Å².